The van der Waals surface area contributed by atoms with E-state index in [1.54, 1.807) is 6.07 Å². The molecule has 0 spiro atoms. The van der Waals surface area contributed by atoms with Crippen molar-refractivity contribution in [3.63, 3.8) is 0 Å². The minimum atomic E-state index is -0.0945. The second kappa shape index (κ2) is 5.75. The molecule has 3 nitrogen and oxygen atoms in total. The largest absolute Gasteiger partial charge is 0.466 e. The van der Waals surface area contributed by atoms with Crippen LogP contribution in [0.5, 0.6) is 0 Å². The van der Waals surface area contributed by atoms with Gasteiger partial charge in [-0.2, -0.15) is 0 Å². The number of thiol groups is 1. The number of carbonyl (C=O) groups is 1. The van der Waals surface area contributed by atoms with Crippen molar-refractivity contribution in [3.05, 3.63) is 52.5 Å². The van der Waals surface area contributed by atoms with E-state index in [-0.39, 0.29) is 11.9 Å². The van der Waals surface area contributed by atoms with Crippen molar-refractivity contribution in [2.75, 3.05) is 0 Å². The van der Waals surface area contributed by atoms with Gasteiger partial charge in [0, 0.05) is 16.0 Å². The van der Waals surface area contributed by atoms with E-state index in [2.05, 4.69) is 17.9 Å². The minimum absolute atomic E-state index is 0.0934. The van der Waals surface area contributed by atoms with E-state index < -0.39 is 0 Å². The quantitative estimate of drug-likeness (QED) is 0.839. The molecule has 2 rings (SSSR count). The van der Waals surface area contributed by atoms with Crippen molar-refractivity contribution in [2.45, 2.75) is 38.6 Å². The standard InChI is InChI=1S/C16H19NO2S/c1-9-5-6-13(20)8-14(9)16(18)17-11(3)15-7-10(2)19-12(15)4/h5-8,11,20H,1-4H3,(H,17,18). The number of rotatable bonds is 3. The summed E-state index contributed by atoms with van der Waals surface area (Å²) in [7, 11) is 0. The summed E-state index contributed by atoms with van der Waals surface area (Å²) in [6, 6.07) is 7.43. The van der Waals surface area contributed by atoms with E-state index in [4.69, 9.17) is 4.42 Å². The van der Waals surface area contributed by atoms with Crippen molar-refractivity contribution < 1.29 is 9.21 Å². The lowest BCUT2D eigenvalue weighted by Gasteiger charge is -2.14. The molecule has 0 saturated heterocycles. The average Bonchev–Trinajstić information content (AvgIpc) is 2.71. The zero-order valence-electron chi connectivity index (χ0n) is 12.2. The number of amides is 1. The van der Waals surface area contributed by atoms with E-state index in [9.17, 15) is 4.79 Å². The van der Waals surface area contributed by atoms with E-state index in [1.807, 2.05) is 45.9 Å². The fraction of sp³-hybridized carbons (Fsp3) is 0.312. The van der Waals surface area contributed by atoms with E-state index in [0.717, 1.165) is 27.5 Å². The molecule has 106 valence electrons. The zero-order chi connectivity index (χ0) is 14.9. The van der Waals surface area contributed by atoms with Crippen LogP contribution in [0.15, 0.2) is 33.6 Å². The summed E-state index contributed by atoms with van der Waals surface area (Å²) in [5.41, 5.74) is 2.60. The maximum Gasteiger partial charge on any atom is 0.252 e. The highest BCUT2D eigenvalue weighted by atomic mass is 32.1. The maximum absolute atomic E-state index is 12.3. The smallest absolute Gasteiger partial charge is 0.252 e. The molecule has 1 unspecified atom stereocenters. The molecule has 0 fully saturated rings. The molecule has 0 aliphatic rings. The molecule has 2 aromatic rings. The molecule has 1 aromatic carbocycles. The van der Waals surface area contributed by atoms with E-state index in [0.29, 0.717) is 5.56 Å². The summed E-state index contributed by atoms with van der Waals surface area (Å²) in [6.07, 6.45) is 0. The van der Waals surface area contributed by atoms with Crippen molar-refractivity contribution in [1.82, 2.24) is 5.32 Å². The third kappa shape index (κ3) is 3.07. The first-order valence-electron chi connectivity index (χ1n) is 6.56. The Morgan fingerprint density at radius 3 is 2.55 bits per heavy atom. The van der Waals surface area contributed by atoms with Gasteiger partial charge in [-0.3, -0.25) is 4.79 Å². The van der Waals surface area contributed by atoms with Gasteiger partial charge < -0.3 is 9.73 Å². The molecule has 0 saturated carbocycles. The molecular weight excluding hydrogens is 270 g/mol. The highest BCUT2D eigenvalue weighted by Crippen LogP contribution is 2.22. The molecule has 0 bridgehead atoms. The first-order chi connectivity index (χ1) is 9.38. The van der Waals surface area contributed by atoms with Crippen LogP contribution in [0.1, 0.15) is 46.0 Å². The minimum Gasteiger partial charge on any atom is -0.466 e. The van der Waals surface area contributed by atoms with Crippen LogP contribution in [0, 0.1) is 20.8 Å². The lowest BCUT2D eigenvalue weighted by atomic mass is 10.1. The Balaban J connectivity index is 2.19. The fourth-order valence-electron chi connectivity index (χ4n) is 2.29. The van der Waals surface area contributed by atoms with Crippen molar-refractivity contribution >= 4 is 18.5 Å². The number of hydrogen-bond donors (Lipinski definition) is 2. The van der Waals surface area contributed by atoms with Crippen molar-refractivity contribution in [2.24, 2.45) is 0 Å². The predicted molar refractivity (Wildman–Crippen MR) is 82.5 cm³/mol. The normalized spacial score (nSPS) is 12.2. The van der Waals surface area contributed by atoms with Gasteiger partial charge in [-0.05, 0) is 51.5 Å². The van der Waals surface area contributed by atoms with Crippen LogP contribution in [-0.2, 0) is 0 Å². The van der Waals surface area contributed by atoms with Gasteiger partial charge in [0.05, 0.1) is 6.04 Å². The summed E-state index contributed by atoms with van der Waals surface area (Å²) in [6.45, 7) is 7.68. The van der Waals surface area contributed by atoms with Crippen LogP contribution in [0.3, 0.4) is 0 Å². The summed E-state index contributed by atoms with van der Waals surface area (Å²) in [5, 5.41) is 3.00. The second-order valence-electron chi connectivity index (χ2n) is 5.06. The highest BCUT2D eigenvalue weighted by Gasteiger charge is 2.17. The molecule has 20 heavy (non-hydrogen) atoms. The SMILES string of the molecule is Cc1cc(C(C)NC(=O)c2cc(S)ccc2C)c(C)o1. The molecule has 4 heteroatoms. The monoisotopic (exact) mass is 289 g/mol. The Bertz CT molecular complexity index is 646. The highest BCUT2D eigenvalue weighted by molar-refractivity contribution is 7.80. The third-order valence-electron chi connectivity index (χ3n) is 3.36. The first kappa shape index (κ1) is 14.7. The Morgan fingerprint density at radius 2 is 1.95 bits per heavy atom. The van der Waals surface area contributed by atoms with E-state index in [1.165, 1.54) is 0 Å². The predicted octanol–water partition coefficient (Wildman–Crippen LogP) is 3.98. The zero-order valence-corrected chi connectivity index (χ0v) is 13.0. The second-order valence-corrected chi connectivity index (χ2v) is 5.58. The third-order valence-corrected chi connectivity index (χ3v) is 3.64. The fourth-order valence-corrected chi connectivity index (χ4v) is 2.49. The molecule has 1 N–H and O–H groups in total. The number of carbonyl (C=O) groups excluding carboxylic acids is 1. The Kier molecular flexibility index (Phi) is 4.23. The van der Waals surface area contributed by atoms with Crippen LogP contribution in [0.4, 0.5) is 0 Å². The average molecular weight is 289 g/mol. The molecule has 1 amide bonds. The molecule has 0 radical (unpaired) electrons. The van der Waals surface area contributed by atoms with Gasteiger partial charge in [0.1, 0.15) is 11.5 Å². The number of aryl methyl sites for hydroxylation is 3. The maximum atomic E-state index is 12.3. The first-order valence-corrected chi connectivity index (χ1v) is 7.00. The van der Waals surface area contributed by atoms with Crippen LogP contribution < -0.4 is 5.32 Å². The molecule has 0 aliphatic heterocycles. The lowest BCUT2D eigenvalue weighted by Crippen LogP contribution is -2.27. The number of nitrogens with one attached hydrogen (secondary N) is 1. The van der Waals surface area contributed by atoms with Gasteiger partial charge in [-0.15, -0.1) is 12.6 Å². The number of hydrogen-bond acceptors (Lipinski definition) is 3. The Hall–Kier alpha value is -1.68. The Morgan fingerprint density at radius 1 is 1.25 bits per heavy atom. The van der Waals surface area contributed by atoms with Gasteiger partial charge in [-0.25, -0.2) is 0 Å². The lowest BCUT2D eigenvalue weighted by molar-refractivity contribution is 0.0939. The van der Waals surface area contributed by atoms with Crippen molar-refractivity contribution in [1.29, 1.82) is 0 Å². The summed E-state index contributed by atoms with van der Waals surface area (Å²) in [4.78, 5) is 13.1. The molecule has 1 aromatic heterocycles. The van der Waals surface area contributed by atoms with Crippen LogP contribution in [0.2, 0.25) is 0 Å². The van der Waals surface area contributed by atoms with Gasteiger partial charge in [-0.1, -0.05) is 6.07 Å². The Labute approximate surface area is 124 Å². The van der Waals surface area contributed by atoms with Crippen LogP contribution in [-0.4, -0.2) is 5.91 Å². The molecule has 1 atom stereocenters. The van der Waals surface area contributed by atoms with Gasteiger partial charge in [0.2, 0.25) is 0 Å². The summed E-state index contributed by atoms with van der Waals surface area (Å²) in [5.74, 6) is 1.60. The summed E-state index contributed by atoms with van der Waals surface area (Å²) < 4.78 is 5.50. The number of benzene rings is 1. The van der Waals surface area contributed by atoms with E-state index >= 15 is 0 Å². The van der Waals surface area contributed by atoms with Crippen LogP contribution in [0.25, 0.3) is 0 Å². The summed E-state index contributed by atoms with van der Waals surface area (Å²) >= 11 is 4.28. The molecular formula is C16H19NO2S. The topological polar surface area (TPSA) is 42.2 Å². The van der Waals surface area contributed by atoms with Crippen LogP contribution >= 0.6 is 12.6 Å². The van der Waals surface area contributed by atoms with Crippen molar-refractivity contribution in [3.8, 4) is 0 Å². The molecule has 0 aliphatic carbocycles. The number of furan rings is 1. The van der Waals surface area contributed by atoms with Gasteiger partial charge >= 0.3 is 0 Å². The van der Waals surface area contributed by atoms with Gasteiger partial charge in [0.15, 0.2) is 0 Å². The van der Waals surface area contributed by atoms with Gasteiger partial charge in [0.25, 0.3) is 5.91 Å². The molecule has 1 heterocycles.